The molecule has 18 heteroatoms. The number of carbonyl (C=O) groups is 3. The summed E-state index contributed by atoms with van der Waals surface area (Å²) in [6.07, 6.45) is 14.4. The lowest BCUT2D eigenvalue weighted by molar-refractivity contribution is -0.383. The molecular formula is C50H70N5O12P. The Kier molecular flexibility index (Phi) is 16.1. The highest BCUT2D eigenvalue weighted by atomic mass is 31.2. The highest BCUT2D eigenvalue weighted by Crippen LogP contribution is 2.67. The maximum absolute atomic E-state index is 14.0. The summed E-state index contributed by atoms with van der Waals surface area (Å²) in [6, 6.07) is 7.37. The van der Waals surface area contributed by atoms with Crippen molar-refractivity contribution >= 4 is 48.1 Å². The van der Waals surface area contributed by atoms with Crippen LogP contribution in [-0.2, 0) is 25.3 Å². The molecular weight excluding hydrogens is 894 g/mol. The van der Waals surface area contributed by atoms with Crippen molar-refractivity contribution in [1.82, 2.24) is 15.6 Å². The molecule has 3 saturated carbocycles. The first-order chi connectivity index (χ1) is 32.3. The number of nitrogens with zero attached hydrogens (tertiary/aromatic N) is 3. The molecule has 372 valence electrons. The van der Waals surface area contributed by atoms with E-state index in [1.165, 1.54) is 86.9 Å². The predicted octanol–water partition coefficient (Wildman–Crippen LogP) is 10.6. The van der Waals surface area contributed by atoms with Gasteiger partial charge in [0, 0.05) is 25.5 Å². The van der Waals surface area contributed by atoms with Gasteiger partial charge in [0.25, 0.3) is 0 Å². The van der Waals surface area contributed by atoms with Crippen molar-refractivity contribution in [2.75, 3.05) is 11.9 Å². The molecule has 4 aliphatic carbocycles. The summed E-state index contributed by atoms with van der Waals surface area (Å²) in [5.74, 6) is 1.47. The Balaban J connectivity index is 0.965. The number of alkyl carbamates (subject to hydrolysis) is 1. The second-order valence-corrected chi connectivity index (χ2v) is 22.3. The first-order valence-corrected chi connectivity index (χ1v) is 26.2. The van der Waals surface area contributed by atoms with Crippen molar-refractivity contribution in [2.45, 2.75) is 149 Å². The van der Waals surface area contributed by atoms with Crippen LogP contribution in [-0.4, -0.2) is 66.7 Å². The van der Waals surface area contributed by atoms with E-state index in [0.717, 1.165) is 36.5 Å². The van der Waals surface area contributed by atoms with E-state index in [2.05, 4.69) is 66.2 Å². The molecule has 1 amide bonds. The number of hydrogen-bond acceptors (Lipinski definition) is 12. The van der Waals surface area contributed by atoms with E-state index in [4.69, 9.17) is 9.37 Å². The number of hydrogen-bond donors (Lipinski definition) is 5. The summed E-state index contributed by atoms with van der Waals surface area (Å²) in [4.78, 5) is 69.6. The molecule has 0 saturated heterocycles. The molecule has 3 aromatic rings. The number of phosphoric acid groups is 1. The largest absolute Gasteiger partial charge is 0.524 e. The maximum Gasteiger partial charge on any atom is 0.524 e. The summed E-state index contributed by atoms with van der Waals surface area (Å²) >= 11 is 0. The Morgan fingerprint density at radius 2 is 1.69 bits per heavy atom. The van der Waals surface area contributed by atoms with Gasteiger partial charge in [0.15, 0.2) is 11.3 Å². The van der Waals surface area contributed by atoms with E-state index >= 15 is 0 Å². The van der Waals surface area contributed by atoms with Crippen LogP contribution in [0.1, 0.15) is 136 Å². The van der Waals surface area contributed by atoms with Crippen LogP contribution in [0.15, 0.2) is 52.7 Å². The molecule has 3 unspecified atom stereocenters. The molecule has 3 fully saturated rings. The van der Waals surface area contributed by atoms with Crippen LogP contribution >= 0.6 is 7.82 Å². The van der Waals surface area contributed by atoms with Crippen molar-refractivity contribution in [3.05, 3.63) is 63.7 Å². The first kappa shape index (κ1) is 51.0. The van der Waals surface area contributed by atoms with Gasteiger partial charge in [-0.2, -0.15) is 0 Å². The number of unbranched alkanes of at least 4 members (excludes halogenated alkanes) is 1. The number of ketones is 1. The number of benzene rings is 2. The molecule has 1 heterocycles. The molecule has 1 aromatic heterocycles. The molecule has 0 spiro atoms. The molecule has 0 bridgehead atoms. The van der Waals surface area contributed by atoms with Crippen LogP contribution in [0.3, 0.4) is 0 Å². The number of allylic oxidation sites excluding steroid dienone is 1. The van der Waals surface area contributed by atoms with Gasteiger partial charge in [0.05, 0.1) is 22.6 Å². The normalized spacial score (nSPS) is 26.9. The van der Waals surface area contributed by atoms with Gasteiger partial charge < -0.3 is 25.0 Å². The zero-order chi connectivity index (χ0) is 49.0. The third-order valence-corrected chi connectivity index (χ3v) is 16.9. The van der Waals surface area contributed by atoms with Crippen LogP contribution < -0.4 is 15.2 Å². The van der Waals surface area contributed by atoms with Crippen molar-refractivity contribution in [3.63, 3.8) is 0 Å². The number of carboxylic acids is 1. The predicted molar refractivity (Wildman–Crippen MR) is 255 cm³/mol. The van der Waals surface area contributed by atoms with E-state index in [9.17, 15) is 44.0 Å². The number of nitrogens with one attached hydrogen (secondary N) is 2. The zero-order valence-corrected chi connectivity index (χ0v) is 41.0. The fourth-order valence-corrected chi connectivity index (χ4v) is 13.4. The average molecular weight is 964 g/mol. The van der Waals surface area contributed by atoms with Gasteiger partial charge in [-0.15, -0.1) is 0 Å². The third-order valence-electron chi connectivity index (χ3n) is 16.5. The molecule has 5 N–H and O–H groups in total. The lowest BCUT2D eigenvalue weighted by atomic mass is 9.47. The van der Waals surface area contributed by atoms with Crippen LogP contribution in [0.5, 0.6) is 5.75 Å². The Morgan fingerprint density at radius 3 is 2.40 bits per heavy atom. The van der Waals surface area contributed by atoms with Gasteiger partial charge in [0.2, 0.25) is 5.52 Å². The molecule has 2 aromatic carbocycles. The number of ether oxygens (including phenoxy) is 1. The summed E-state index contributed by atoms with van der Waals surface area (Å²) in [7, 11) is -4.81. The highest BCUT2D eigenvalue weighted by Gasteiger charge is 2.59. The minimum absolute atomic E-state index is 0.00422. The van der Waals surface area contributed by atoms with E-state index < -0.39 is 42.6 Å². The SMILES string of the molecule is CC(C)CCC[C@@H](C)C1CC[C@H]2[C@@H]3CC=C4CC(OC(=O)NC(Cc5ccc(OP(=O)(O)O)cc5)C(=O)C[C@@H](CCCCNc5ccc([N+](=O)[O-])c6nonc56)C(=O)O)CC[C@]4(C)[C@H]3CC[C@]12C. The Labute approximate surface area is 398 Å². The fraction of sp³-hybridized carbons (Fsp3) is 0.660. The number of Topliss-reactive ketones (excluding diaryl/α,β-unsaturated/α-hetero) is 1. The van der Waals surface area contributed by atoms with E-state index in [0.29, 0.717) is 60.7 Å². The number of non-ortho nitro benzene ring substituents is 1. The van der Waals surface area contributed by atoms with Crippen molar-refractivity contribution in [2.24, 2.45) is 52.3 Å². The van der Waals surface area contributed by atoms with E-state index in [1.54, 1.807) is 0 Å². The number of aromatic nitrogens is 2. The van der Waals surface area contributed by atoms with Crippen LogP contribution in [0.2, 0.25) is 0 Å². The van der Waals surface area contributed by atoms with E-state index in [-0.39, 0.29) is 53.3 Å². The minimum atomic E-state index is -4.81. The van der Waals surface area contributed by atoms with Crippen molar-refractivity contribution in [3.8, 4) is 5.75 Å². The number of aliphatic carboxylic acids is 1. The molecule has 68 heavy (non-hydrogen) atoms. The Hall–Kier alpha value is -4.86. The summed E-state index contributed by atoms with van der Waals surface area (Å²) < 4.78 is 26.9. The molecule has 0 radical (unpaired) electrons. The number of carbonyl (C=O) groups excluding carboxylic acids is 2. The van der Waals surface area contributed by atoms with E-state index in [1.807, 2.05) is 0 Å². The number of nitro groups is 1. The number of carboxylic acid groups (broad SMARTS) is 1. The number of phosphoric ester groups is 1. The zero-order valence-electron chi connectivity index (χ0n) is 40.1. The summed E-state index contributed by atoms with van der Waals surface area (Å²) in [5, 5.41) is 34.9. The van der Waals surface area contributed by atoms with Crippen molar-refractivity contribution in [1.29, 1.82) is 0 Å². The number of nitro benzene ring substituents is 1. The smallest absolute Gasteiger partial charge is 0.481 e. The maximum atomic E-state index is 14.0. The lowest BCUT2D eigenvalue weighted by Crippen LogP contribution is -2.51. The monoisotopic (exact) mass is 963 g/mol. The summed E-state index contributed by atoms with van der Waals surface area (Å²) in [5.41, 5.74) is 2.76. The Bertz CT molecular complexity index is 2370. The van der Waals surface area contributed by atoms with Gasteiger partial charge in [-0.25, -0.2) is 14.0 Å². The second-order valence-electron chi connectivity index (χ2n) is 21.2. The highest BCUT2D eigenvalue weighted by molar-refractivity contribution is 7.46. The Morgan fingerprint density at radius 1 is 0.941 bits per heavy atom. The standard InChI is InChI=1S/C50H70N5O12P/c1-30(2)9-8-10-31(3)38-18-19-39-37-17-14-34-29-36(22-24-49(34,4)40(37)23-25-50(38,39)5)65-48(59)52-42(27-32-12-15-35(16-13-32)66-68(62,63)64)44(56)28-33(47(57)58)11-6-7-26-51-41-20-21-43(55(60)61)46-45(41)53-67-54-46/h12-16,20-21,30-31,33,36-40,42,51H,6-11,17-19,22-29H2,1-5H3,(H,52,59)(H,57,58)(H2,62,63,64)/t31-,33-,36?,37+,38?,39+,40+,42?,49+,50-/m1/s1. The van der Waals surface area contributed by atoms with Crippen LogP contribution in [0.25, 0.3) is 11.0 Å². The number of rotatable bonds is 22. The van der Waals surface area contributed by atoms with Gasteiger partial charge in [-0.1, -0.05) is 84.1 Å². The van der Waals surface area contributed by atoms with Crippen molar-refractivity contribution < 1.29 is 52.7 Å². The number of amides is 1. The first-order valence-electron chi connectivity index (χ1n) is 24.7. The van der Waals surface area contributed by atoms with Gasteiger partial charge in [0.1, 0.15) is 11.9 Å². The number of anilines is 1. The second kappa shape index (κ2) is 21.4. The topological polar surface area (TPSA) is 254 Å². The molecule has 17 nitrogen and oxygen atoms in total. The van der Waals surface area contributed by atoms with Gasteiger partial charge >= 0.3 is 25.6 Å². The molecule has 10 atom stereocenters. The fourth-order valence-electron chi connectivity index (χ4n) is 13.0. The lowest BCUT2D eigenvalue weighted by Gasteiger charge is -2.58. The average Bonchev–Trinajstić information content (AvgIpc) is 3.91. The molecule has 7 rings (SSSR count). The van der Waals surface area contributed by atoms with Crippen LogP contribution in [0, 0.1) is 62.4 Å². The summed E-state index contributed by atoms with van der Waals surface area (Å²) in [6.45, 7) is 12.5. The number of fused-ring (bicyclic) bond motifs is 6. The third kappa shape index (κ3) is 11.8. The minimum Gasteiger partial charge on any atom is -0.481 e. The molecule has 4 aliphatic rings. The van der Waals surface area contributed by atoms with Crippen LogP contribution in [0.4, 0.5) is 16.2 Å². The van der Waals surface area contributed by atoms with Gasteiger partial charge in [-0.05, 0) is 145 Å². The van der Waals surface area contributed by atoms with Gasteiger partial charge in [-0.3, -0.25) is 29.5 Å². The molecule has 0 aliphatic heterocycles. The quantitative estimate of drug-likeness (QED) is 0.0206.